The molecule has 2 heterocycles. The topological polar surface area (TPSA) is 56.8 Å². The van der Waals surface area contributed by atoms with Gasteiger partial charge in [0.15, 0.2) is 0 Å². The average Bonchev–Trinajstić information content (AvgIpc) is 3.17. The summed E-state index contributed by atoms with van der Waals surface area (Å²) >= 11 is 0. The molecule has 0 aromatic carbocycles. The second-order valence-electron chi connectivity index (χ2n) is 9.80. The number of aromatic nitrogens is 3. The number of aromatic amines is 1. The van der Waals surface area contributed by atoms with Crippen LogP contribution in [0.15, 0.2) is 18.6 Å². The fourth-order valence-electron chi connectivity index (χ4n) is 5.62. The smallest absolute Gasteiger partial charge is 0.142 e. The van der Waals surface area contributed by atoms with Crippen LogP contribution in [0.2, 0.25) is 0 Å². The van der Waals surface area contributed by atoms with Gasteiger partial charge < -0.3 is 15.2 Å². The molecule has 0 saturated heterocycles. The van der Waals surface area contributed by atoms with Crippen molar-refractivity contribution in [1.82, 2.24) is 20.3 Å². The first-order valence-electron chi connectivity index (χ1n) is 11.6. The van der Waals surface area contributed by atoms with Crippen molar-refractivity contribution in [3.63, 3.8) is 0 Å². The Bertz CT molecular complexity index is 757. The average molecular weight is 400 g/mol. The molecule has 162 valence electrons. The maximum absolute atomic E-state index is 4.50. The second kappa shape index (κ2) is 9.92. The summed E-state index contributed by atoms with van der Waals surface area (Å²) in [4.78, 5) is 14.3. The van der Waals surface area contributed by atoms with E-state index < -0.39 is 0 Å². The monoisotopic (exact) mass is 399 g/mol. The summed E-state index contributed by atoms with van der Waals surface area (Å²) in [6.45, 7) is 9.45. The van der Waals surface area contributed by atoms with Gasteiger partial charge >= 0.3 is 0 Å². The molecule has 0 bridgehead atoms. The molecule has 5 nitrogen and oxygen atoms in total. The molecule has 2 fully saturated rings. The third-order valence-electron chi connectivity index (χ3n) is 7.35. The molecule has 2 aliphatic carbocycles. The van der Waals surface area contributed by atoms with Gasteiger partial charge in [-0.05, 0) is 75.3 Å². The van der Waals surface area contributed by atoms with Crippen molar-refractivity contribution < 1.29 is 0 Å². The molecule has 2 aromatic rings. The van der Waals surface area contributed by atoms with E-state index in [0.29, 0.717) is 6.04 Å². The molecule has 0 amide bonds. The largest absolute Gasteiger partial charge is 0.356 e. The van der Waals surface area contributed by atoms with Crippen LogP contribution in [0.3, 0.4) is 0 Å². The van der Waals surface area contributed by atoms with E-state index in [9.17, 15) is 0 Å². The first-order chi connectivity index (χ1) is 13.9. The number of nitrogens with one attached hydrogen (secondary N) is 2. The van der Waals surface area contributed by atoms with E-state index in [1.54, 1.807) is 6.33 Å². The molecule has 2 aromatic heterocycles. The third-order valence-corrected chi connectivity index (χ3v) is 7.35. The summed E-state index contributed by atoms with van der Waals surface area (Å²) in [7, 11) is 4.25. The molecule has 6 unspecified atom stereocenters. The Morgan fingerprint density at radius 2 is 1.66 bits per heavy atom. The first kappa shape index (κ1) is 22.1. The molecule has 2 N–H and O–H groups in total. The van der Waals surface area contributed by atoms with Gasteiger partial charge in [0.05, 0.1) is 5.39 Å². The molecule has 5 heteroatoms. The van der Waals surface area contributed by atoms with E-state index in [-0.39, 0.29) is 0 Å². The number of anilines is 1. The number of fused-ring (bicyclic) bond motifs is 1. The van der Waals surface area contributed by atoms with E-state index in [1.807, 2.05) is 6.20 Å². The van der Waals surface area contributed by atoms with Crippen LogP contribution >= 0.6 is 0 Å². The summed E-state index contributed by atoms with van der Waals surface area (Å²) in [5.74, 6) is 4.47. The fraction of sp³-hybridized carbons (Fsp3) is 0.750. The minimum absolute atomic E-state index is 0.587. The van der Waals surface area contributed by atoms with Crippen molar-refractivity contribution in [2.24, 2.45) is 23.7 Å². The van der Waals surface area contributed by atoms with Crippen LogP contribution in [0.5, 0.6) is 0 Å². The summed E-state index contributed by atoms with van der Waals surface area (Å²) in [5.41, 5.74) is 0.925. The Labute approximate surface area is 177 Å². The van der Waals surface area contributed by atoms with Gasteiger partial charge in [0.2, 0.25) is 0 Å². The number of nitrogens with zero attached hydrogens (tertiary/aromatic N) is 3. The Morgan fingerprint density at radius 1 is 0.966 bits per heavy atom. The molecule has 2 saturated carbocycles. The van der Waals surface area contributed by atoms with Crippen LogP contribution < -0.4 is 10.2 Å². The Kier molecular flexibility index (Phi) is 7.55. The van der Waals surface area contributed by atoms with Crippen molar-refractivity contribution in [2.75, 3.05) is 19.0 Å². The molecule has 0 radical (unpaired) electrons. The van der Waals surface area contributed by atoms with Gasteiger partial charge in [-0.1, -0.05) is 27.7 Å². The highest BCUT2D eigenvalue weighted by molar-refractivity contribution is 5.87. The highest BCUT2D eigenvalue weighted by Gasteiger charge is 2.29. The van der Waals surface area contributed by atoms with E-state index in [4.69, 9.17) is 0 Å². The maximum Gasteiger partial charge on any atom is 0.142 e. The number of H-pyrrole nitrogens is 1. The molecule has 0 aliphatic heterocycles. The maximum atomic E-state index is 4.50. The molecule has 2 aliphatic rings. The lowest BCUT2D eigenvalue weighted by atomic mass is 9.79. The number of hydrogen-bond donors (Lipinski definition) is 2. The summed E-state index contributed by atoms with van der Waals surface area (Å²) < 4.78 is 0. The Morgan fingerprint density at radius 3 is 2.31 bits per heavy atom. The quantitative estimate of drug-likeness (QED) is 0.740. The minimum Gasteiger partial charge on any atom is -0.356 e. The van der Waals surface area contributed by atoms with Crippen LogP contribution in [0.4, 0.5) is 5.82 Å². The van der Waals surface area contributed by atoms with Crippen LogP contribution in [0.25, 0.3) is 11.0 Å². The molecular formula is C24H41N5. The summed E-state index contributed by atoms with van der Waals surface area (Å²) in [6, 6.07) is 3.44. The van der Waals surface area contributed by atoms with Gasteiger partial charge in [-0.2, -0.15) is 0 Å². The number of hydrogen-bond acceptors (Lipinski definition) is 4. The molecular weight excluding hydrogens is 358 g/mol. The second-order valence-corrected chi connectivity index (χ2v) is 9.80. The lowest BCUT2D eigenvalue weighted by molar-refractivity contribution is 0.237. The highest BCUT2D eigenvalue weighted by atomic mass is 15.2. The van der Waals surface area contributed by atoms with E-state index >= 15 is 0 Å². The van der Waals surface area contributed by atoms with Gasteiger partial charge in [-0.25, -0.2) is 9.97 Å². The molecule has 4 rings (SSSR count). The van der Waals surface area contributed by atoms with Crippen LogP contribution in [-0.4, -0.2) is 41.1 Å². The Hall–Kier alpha value is -1.62. The minimum atomic E-state index is 0.587. The SMILES string of the molecule is CC1CCC(N(C)c2ncnc3[nH]ccc23)C(C)C1.CNC1CCC(C)CC1C. The zero-order chi connectivity index (χ0) is 21.0. The van der Waals surface area contributed by atoms with E-state index in [2.05, 4.69) is 73.0 Å². The van der Waals surface area contributed by atoms with E-state index in [0.717, 1.165) is 46.6 Å². The standard InChI is InChI=1S/C15H22N4.C9H19N/c1-10-4-5-13(11(2)8-10)19(3)15-12-6-7-16-14(12)17-9-18-15;1-7-4-5-9(10-3)8(2)6-7/h6-7,9-11,13H,4-5,8H2,1-3H3,(H,16,17,18);7-10H,4-6H2,1-3H3. The highest BCUT2D eigenvalue weighted by Crippen LogP contribution is 2.34. The van der Waals surface area contributed by atoms with Crippen molar-refractivity contribution in [3.8, 4) is 0 Å². The van der Waals surface area contributed by atoms with Crippen molar-refractivity contribution >= 4 is 16.9 Å². The summed E-state index contributed by atoms with van der Waals surface area (Å²) in [6.07, 6.45) is 11.7. The molecule has 29 heavy (non-hydrogen) atoms. The summed E-state index contributed by atoms with van der Waals surface area (Å²) in [5, 5.41) is 4.50. The molecule has 0 spiro atoms. The van der Waals surface area contributed by atoms with Gasteiger partial charge in [0.1, 0.15) is 17.8 Å². The lowest BCUT2D eigenvalue weighted by Gasteiger charge is -2.39. The van der Waals surface area contributed by atoms with Gasteiger partial charge in [0, 0.05) is 25.3 Å². The van der Waals surface area contributed by atoms with Crippen LogP contribution in [0.1, 0.15) is 66.2 Å². The number of rotatable bonds is 3. The zero-order valence-electron chi connectivity index (χ0n) is 19.3. The van der Waals surface area contributed by atoms with Crippen molar-refractivity contribution in [3.05, 3.63) is 18.6 Å². The van der Waals surface area contributed by atoms with Crippen LogP contribution in [0, 0.1) is 23.7 Å². The van der Waals surface area contributed by atoms with E-state index in [1.165, 1.54) is 38.5 Å². The lowest BCUT2D eigenvalue weighted by Crippen LogP contribution is -2.41. The fourth-order valence-corrected chi connectivity index (χ4v) is 5.62. The van der Waals surface area contributed by atoms with Crippen molar-refractivity contribution in [2.45, 2.75) is 78.3 Å². The van der Waals surface area contributed by atoms with Gasteiger partial charge in [-0.15, -0.1) is 0 Å². The molecule has 6 atom stereocenters. The van der Waals surface area contributed by atoms with Gasteiger partial charge in [0.25, 0.3) is 0 Å². The first-order valence-corrected chi connectivity index (χ1v) is 11.6. The van der Waals surface area contributed by atoms with Crippen molar-refractivity contribution in [1.29, 1.82) is 0 Å². The zero-order valence-corrected chi connectivity index (χ0v) is 19.3. The predicted molar refractivity (Wildman–Crippen MR) is 123 cm³/mol. The third kappa shape index (κ3) is 5.30. The normalized spacial score (nSPS) is 32.5. The Balaban J connectivity index is 0.000000204. The predicted octanol–water partition coefficient (Wildman–Crippen LogP) is 5.25. The van der Waals surface area contributed by atoms with Gasteiger partial charge in [-0.3, -0.25) is 0 Å². The van der Waals surface area contributed by atoms with Crippen LogP contribution in [-0.2, 0) is 0 Å².